The van der Waals surface area contributed by atoms with Gasteiger partial charge in [-0.3, -0.25) is 0 Å². The van der Waals surface area contributed by atoms with Crippen LogP contribution in [0.5, 0.6) is 5.75 Å². The van der Waals surface area contributed by atoms with E-state index in [-0.39, 0.29) is 35.7 Å². The van der Waals surface area contributed by atoms with Gasteiger partial charge in [-0.05, 0) is 42.8 Å². The Morgan fingerprint density at radius 3 is 2.20 bits per heavy atom. The lowest BCUT2D eigenvalue weighted by Gasteiger charge is -2.22. The highest BCUT2D eigenvalue weighted by Gasteiger charge is 2.27. The van der Waals surface area contributed by atoms with Crippen LogP contribution in [0.25, 0.3) is 0 Å². The fourth-order valence-electron chi connectivity index (χ4n) is 2.75. The zero-order valence-electron chi connectivity index (χ0n) is 16.2. The Kier molecular flexibility index (Phi) is 6.70. The SMILES string of the molecule is CCOc1ccc(S(=O)(=O)N(Cc2nc(N)nc(N)n2)Cc2ccccc2Cl)cc1. The third-order valence-corrected chi connectivity index (χ3v) is 6.29. The van der Waals surface area contributed by atoms with Gasteiger partial charge in [0.1, 0.15) is 5.75 Å². The van der Waals surface area contributed by atoms with Gasteiger partial charge in [0.25, 0.3) is 0 Å². The molecule has 4 N–H and O–H groups in total. The van der Waals surface area contributed by atoms with Crippen LogP contribution in [-0.4, -0.2) is 34.3 Å². The van der Waals surface area contributed by atoms with Crippen molar-refractivity contribution in [1.29, 1.82) is 0 Å². The van der Waals surface area contributed by atoms with Crippen LogP contribution in [0.15, 0.2) is 53.4 Å². The molecule has 0 amide bonds. The number of benzene rings is 2. The Morgan fingerprint density at radius 2 is 1.60 bits per heavy atom. The van der Waals surface area contributed by atoms with Crippen LogP contribution < -0.4 is 16.2 Å². The van der Waals surface area contributed by atoms with Crippen LogP contribution >= 0.6 is 11.6 Å². The smallest absolute Gasteiger partial charge is 0.243 e. The van der Waals surface area contributed by atoms with Crippen molar-refractivity contribution in [3.8, 4) is 5.75 Å². The van der Waals surface area contributed by atoms with Gasteiger partial charge >= 0.3 is 0 Å². The van der Waals surface area contributed by atoms with Crippen molar-refractivity contribution in [3.63, 3.8) is 0 Å². The van der Waals surface area contributed by atoms with Gasteiger partial charge in [-0.1, -0.05) is 29.8 Å². The van der Waals surface area contributed by atoms with Crippen molar-refractivity contribution in [2.45, 2.75) is 24.9 Å². The molecule has 30 heavy (non-hydrogen) atoms. The molecule has 1 heterocycles. The van der Waals surface area contributed by atoms with Gasteiger partial charge in [0.05, 0.1) is 18.0 Å². The van der Waals surface area contributed by atoms with Gasteiger partial charge in [-0.15, -0.1) is 0 Å². The van der Waals surface area contributed by atoms with Gasteiger partial charge in [0.15, 0.2) is 5.82 Å². The first-order chi connectivity index (χ1) is 14.3. The molecule has 0 aliphatic heterocycles. The second-order valence-electron chi connectivity index (χ2n) is 6.24. The van der Waals surface area contributed by atoms with E-state index in [0.29, 0.717) is 22.9 Å². The van der Waals surface area contributed by atoms with Gasteiger partial charge in [0.2, 0.25) is 21.9 Å². The summed E-state index contributed by atoms with van der Waals surface area (Å²) in [6.07, 6.45) is 0. The lowest BCUT2D eigenvalue weighted by Crippen LogP contribution is -2.31. The van der Waals surface area contributed by atoms with E-state index in [2.05, 4.69) is 15.0 Å². The zero-order chi connectivity index (χ0) is 21.7. The van der Waals surface area contributed by atoms with E-state index in [4.69, 9.17) is 27.8 Å². The summed E-state index contributed by atoms with van der Waals surface area (Å²) in [5, 5.41) is 0.444. The fourth-order valence-corrected chi connectivity index (χ4v) is 4.32. The molecule has 158 valence electrons. The monoisotopic (exact) mass is 448 g/mol. The highest BCUT2D eigenvalue weighted by Crippen LogP contribution is 2.25. The topological polar surface area (TPSA) is 137 Å². The lowest BCUT2D eigenvalue weighted by atomic mass is 10.2. The normalized spacial score (nSPS) is 11.6. The summed E-state index contributed by atoms with van der Waals surface area (Å²) in [4.78, 5) is 11.8. The molecule has 0 radical (unpaired) electrons. The Hall–Kier alpha value is -2.95. The van der Waals surface area contributed by atoms with Crippen LogP contribution in [0.2, 0.25) is 5.02 Å². The van der Waals surface area contributed by atoms with Crippen molar-refractivity contribution in [2.24, 2.45) is 0 Å². The van der Waals surface area contributed by atoms with Crippen LogP contribution in [0.3, 0.4) is 0 Å². The largest absolute Gasteiger partial charge is 0.494 e. The molecule has 0 spiro atoms. The van der Waals surface area contributed by atoms with Gasteiger partial charge < -0.3 is 16.2 Å². The van der Waals surface area contributed by atoms with E-state index in [1.807, 2.05) is 6.92 Å². The molecule has 1 aromatic heterocycles. The summed E-state index contributed by atoms with van der Waals surface area (Å²) in [7, 11) is -3.93. The maximum absolute atomic E-state index is 13.4. The zero-order valence-corrected chi connectivity index (χ0v) is 17.8. The van der Waals surface area contributed by atoms with E-state index in [9.17, 15) is 8.42 Å². The molecule has 9 nitrogen and oxygen atoms in total. The van der Waals surface area contributed by atoms with Crippen molar-refractivity contribution < 1.29 is 13.2 Å². The molecular formula is C19H21ClN6O3S. The summed E-state index contributed by atoms with van der Waals surface area (Å²) in [6, 6.07) is 13.2. The lowest BCUT2D eigenvalue weighted by molar-refractivity contribution is 0.340. The van der Waals surface area contributed by atoms with Crippen molar-refractivity contribution in [2.75, 3.05) is 18.1 Å². The Balaban J connectivity index is 1.99. The Bertz CT molecular complexity index is 1110. The molecule has 0 unspecified atom stereocenters. The van der Waals surface area contributed by atoms with Gasteiger partial charge in [-0.25, -0.2) is 8.42 Å². The predicted molar refractivity (Wildman–Crippen MR) is 114 cm³/mol. The number of nitrogen functional groups attached to an aromatic ring is 2. The predicted octanol–water partition coefficient (Wildman–Crippen LogP) is 2.48. The summed E-state index contributed by atoms with van der Waals surface area (Å²) in [6.45, 7) is 2.16. The highest BCUT2D eigenvalue weighted by atomic mass is 35.5. The first-order valence-corrected chi connectivity index (χ1v) is 10.8. The number of nitrogens with two attached hydrogens (primary N) is 2. The number of hydrogen-bond acceptors (Lipinski definition) is 8. The second kappa shape index (κ2) is 9.24. The van der Waals surface area contributed by atoms with Crippen LogP contribution in [0.1, 0.15) is 18.3 Å². The number of nitrogens with zero attached hydrogens (tertiary/aromatic N) is 4. The molecule has 11 heteroatoms. The van der Waals surface area contributed by atoms with Crippen LogP contribution in [0.4, 0.5) is 11.9 Å². The maximum Gasteiger partial charge on any atom is 0.243 e. The van der Waals surface area contributed by atoms with Crippen molar-refractivity contribution in [1.82, 2.24) is 19.3 Å². The van der Waals surface area contributed by atoms with E-state index in [1.54, 1.807) is 36.4 Å². The molecule has 0 saturated carbocycles. The minimum atomic E-state index is -3.93. The summed E-state index contributed by atoms with van der Waals surface area (Å²) < 4.78 is 33.4. The van der Waals surface area contributed by atoms with Gasteiger partial charge in [0, 0.05) is 11.6 Å². The average molecular weight is 449 g/mol. The molecule has 3 aromatic rings. The number of aromatic nitrogens is 3. The van der Waals surface area contributed by atoms with Gasteiger partial charge in [-0.2, -0.15) is 19.3 Å². The number of sulfonamides is 1. The molecular weight excluding hydrogens is 428 g/mol. The average Bonchev–Trinajstić information content (AvgIpc) is 2.69. The number of halogens is 1. The van der Waals surface area contributed by atoms with Crippen LogP contribution in [0, 0.1) is 0 Å². The maximum atomic E-state index is 13.4. The molecule has 0 bridgehead atoms. The molecule has 0 aliphatic rings. The van der Waals surface area contributed by atoms with E-state index in [1.165, 1.54) is 16.4 Å². The van der Waals surface area contributed by atoms with Crippen molar-refractivity contribution in [3.05, 3.63) is 64.9 Å². The molecule has 2 aromatic carbocycles. The Labute approximate surface area is 179 Å². The first-order valence-electron chi connectivity index (χ1n) is 9.02. The minimum absolute atomic E-state index is 0.000705. The fraction of sp³-hybridized carbons (Fsp3) is 0.211. The second-order valence-corrected chi connectivity index (χ2v) is 8.58. The summed E-state index contributed by atoms with van der Waals surface area (Å²) in [5.41, 5.74) is 11.9. The number of ether oxygens (including phenoxy) is 1. The van der Waals surface area contributed by atoms with Crippen molar-refractivity contribution >= 4 is 33.5 Å². The van der Waals surface area contributed by atoms with E-state index >= 15 is 0 Å². The first kappa shape index (κ1) is 21.8. The number of anilines is 2. The van der Waals surface area contributed by atoms with E-state index in [0.717, 1.165) is 0 Å². The molecule has 3 rings (SSSR count). The summed E-state index contributed by atoms with van der Waals surface area (Å²) >= 11 is 6.25. The summed E-state index contributed by atoms with van der Waals surface area (Å²) in [5.74, 6) is 0.524. The molecule has 0 aliphatic carbocycles. The standard InChI is InChI=1S/C19H21ClN6O3S/c1-2-29-14-7-9-15(10-8-14)30(27,28)26(11-13-5-3-4-6-16(13)20)12-17-23-18(21)25-19(22)24-17/h3-10H,2,11-12H2,1H3,(H4,21,22,23,24,25). The Morgan fingerprint density at radius 1 is 0.967 bits per heavy atom. The van der Waals surface area contributed by atoms with E-state index < -0.39 is 10.0 Å². The molecule has 0 atom stereocenters. The third kappa shape index (κ3) is 5.15. The number of rotatable bonds is 8. The van der Waals surface area contributed by atoms with Crippen LogP contribution in [-0.2, 0) is 23.1 Å². The number of hydrogen-bond donors (Lipinski definition) is 2. The minimum Gasteiger partial charge on any atom is -0.494 e. The molecule has 0 saturated heterocycles. The quantitative estimate of drug-likeness (QED) is 0.536. The molecule has 0 fully saturated rings. The highest BCUT2D eigenvalue weighted by molar-refractivity contribution is 7.89. The third-order valence-electron chi connectivity index (χ3n) is 4.11.